The lowest BCUT2D eigenvalue weighted by molar-refractivity contribution is -0.122. The van der Waals surface area contributed by atoms with Crippen LogP contribution in [0.3, 0.4) is 0 Å². The molecule has 0 unspecified atom stereocenters. The zero-order chi connectivity index (χ0) is 26.9. The van der Waals surface area contributed by atoms with Crippen LogP contribution >= 0.6 is 67.3 Å². The predicted molar refractivity (Wildman–Crippen MR) is 157 cm³/mol. The summed E-state index contributed by atoms with van der Waals surface area (Å²) in [5.41, 5.74) is 2.74. The van der Waals surface area contributed by atoms with Gasteiger partial charge in [-0.1, -0.05) is 41.4 Å². The third-order valence-electron chi connectivity index (χ3n) is 5.40. The molecule has 0 radical (unpaired) electrons. The van der Waals surface area contributed by atoms with Gasteiger partial charge in [0.15, 0.2) is 16.6 Å². The first-order valence-electron chi connectivity index (χ1n) is 10.7. The zero-order valence-electron chi connectivity index (χ0n) is 19.4. The van der Waals surface area contributed by atoms with E-state index in [1.807, 2.05) is 25.1 Å². The van der Waals surface area contributed by atoms with E-state index in [9.17, 15) is 9.59 Å². The number of halogens is 4. The molecule has 3 aromatic rings. The number of carbonyl (C=O) groups excluding carboxylic acids is 2. The fourth-order valence-electron chi connectivity index (χ4n) is 3.60. The van der Waals surface area contributed by atoms with Gasteiger partial charge in [0.2, 0.25) is 0 Å². The largest absolute Gasteiger partial charge is 0.493 e. The van der Waals surface area contributed by atoms with Crippen LogP contribution in [0.4, 0.5) is 5.69 Å². The standard InChI is InChI=1S/C26H18Br2Cl2N2O4S/c1-13-4-3-5-16(8-13)32-25(34)17(24(33)31-26(32)37)10-15-11-20(35-2)23(22(28)21(15)27)36-12-14-6-7-18(29)19(30)9-14/h3-11H,12H2,1-2H3,(H,31,33,37)/b17-10+. The molecule has 37 heavy (non-hydrogen) atoms. The first-order chi connectivity index (χ1) is 17.6. The molecule has 1 saturated heterocycles. The van der Waals surface area contributed by atoms with E-state index in [2.05, 4.69) is 37.2 Å². The minimum atomic E-state index is -0.596. The number of aryl methyl sites for hydroxylation is 1. The second-order valence-corrected chi connectivity index (χ2v) is 10.7. The summed E-state index contributed by atoms with van der Waals surface area (Å²) >= 11 is 24.5. The van der Waals surface area contributed by atoms with E-state index in [0.29, 0.717) is 41.7 Å². The average molecular weight is 685 g/mol. The number of benzene rings is 3. The van der Waals surface area contributed by atoms with Gasteiger partial charge in [-0.25, -0.2) is 0 Å². The Morgan fingerprint density at radius 3 is 2.49 bits per heavy atom. The lowest BCUT2D eigenvalue weighted by Crippen LogP contribution is -2.54. The molecule has 190 valence electrons. The molecular formula is C26H18Br2Cl2N2O4S. The number of hydrogen-bond acceptors (Lipinski definition) is 5. The Morgan fingerprint density at radius 1 is 1.05 bits per heavy atom. The van der Waals surface area contributed by atoms with E-state index in [1.165, 1.54) is 18.1 Å². The molecule has 1 N–H and O–H groups in total. The summed E-state index contributed by atoms with van der Waals surface area (Å²) in [6.07, 6.45) is 1.47. The molecule has 1 aliphatic heterocycles. The smallest absolute Gasteiger partial charge is 0.270 e. The fraction of sp³-hybridized carbons (Fsp3) is 0.115. The van der Waals surface area contributed by atoms with Crippen molar-refractivity contribution in [3.05, 3.63) is 89.8 Å². The van der Waals surface area contributed by atoms with Gasteiger partial charge >= 0.3 is 0 Å². The van der Waals surface area contributed by atoms with Gasteiger partial charge in [0, 0.05) is 4.47 Å². The van der Waals surface area contributed by atoms with E-state index in [1.54, 1.807) is 30.3 Å². The van der Waals surface area contributed by atoms with Crippen LogP contribution in [-0.2, 0) is 16.2 Å². The number of amides is 2. The van der Waals surface area contributed by atoms with Crippen molar-refractivity contribution in [2.45, 2.75) is 13.5 Å². The molecule has 1 heterocycles. The van der Waals surface area contributed by atoms with Crippen LogP contribution in [0.15, 0.2) is 63.0 Å². The van der Waals surface area contributed by atoms with Gasteiger partial charge in [0.25, 0.3) is 11.8 Å². The molecule has 0 aliphatic carbocycles. The minimum Gasteiger partial charge on any atom is -0.493 e. The average Bonchev–Trinajstić information content (AvgIpc) is 2.85. The molecule has 6 nitrogen and oxygen atoms in total. The van der Waals surface area contributed by atoms with Crippen molar-refractivity contribution in [3.63, 3.8) is 0 Å². The molecule has 0 saturated carbocycles. The topological polar surface area (TPSA) is 67.9 Å². The number of methoxy groups -OCH3 is 1. The predicted octanol–water partition coefficient (Wildman–Crippen LogP) is 7.25. The second kappa shape index (κ2) is 11.5. The lowest BCUT2D eigenvalue weighted by atomic mass is 10.1. The highest BCUT2D eigenvalue weighted by Gasteiger charge is 2.35. The summed E-state index contributed by atoms with van der Waals surface area (Å²) in [5.74, 6) is -0.330. The molecular weight excluding hydrogens is 667 g/mol. The number of rotatable bonds is 6. The van der Waals surface area contributed by atoms with Crippen LogP contribution < -0.4 is 19.7 Å². The Balaban J connectivity index is 1.69. The van der Waals surface area contributed by atoms with Crippen molar-refractivity contribution in [2.24, 2.45) is 0 Å². The van der Waals surface area contributed by atoms with E-state index in [0.717, 1.165) is 11.1 Å². The Bertz CT molecular complexity index is 1480. The third kappa shape index (κ3) is 5.86. The van der Waals surface area contributed by atoms with Crippen molar-refractivity contribution in [2.75, 3.05) is 12.0 Å². The lowest BCUT2D eigenvalue weighted by Gasteiger charge is -2.29. The number of anilines is 1. The number of thiocarbonyl (C=S) groups is 1. The zero-order valence-corrected chi connectivity index (χ0v) is 24.9. The van der Waals surface area contributed by atoms with Gasteiger partial charge in [-0.05, 0) is 104 Å². The SMILES string of the molecule is COc1cc(/C=C2\C(=O)NC(=S)N(c3cccc(C)c3)C2=O)c(Br)c(Br)c1OCc1ccc(Cl)c(Cl)c1. The minimum absolute atomic E-state index is 0.0154. The summed E-state index contributed by atoms with van der Waals surface area (Å²) < 4.78 is 12.7. The third-order valence-corrected chi connectivity index (χ3v) is 8.57. The molecule has 2 amide bonds. The number of hydrogen-bond donors (Lipinski definition) is 1. The maximum atomic E-state index is 13.4. The van der Waals surface area contributed by atoms with Crippen LogP contribution in [0.2, 0.25) is 10.0 Å². The first-order valence-corrected chi connectivity index (χ1v) is 13.5. The van der Waals surface area contributed by atoms with Gasteiger partial charge in [-0.3, -0.25) is 19.8 Å². The van der Waals surface area contributed by atoms with Crippen LogP contribution in [0.5, 0.6) is 11.5 Å². The van der Waals surface area contributed by atoms with Crippen molar-refractivity contribution in [1.29, 1.82) is 0 Å². The van der Waals surface area contributed by atoms with E-state index < -0.39 is 11.8 Å². The monoisotopic (exact) mass is 682 g/mol. The molecule has 3 aromatic carbocycles. The number of nitrogens with zero attached hydrogens (tertiary/aromatic N) is 1. The van der Waals surface area contributed by atoms with Crippen molar-refractivity contribution < 1.29 is 19.1 Å². The van der Waals surface area contributed by atoms with Crippen molar-refractivity contribution >= 4 is 96.0 Å². The highest BCUT2D eigenvalue weighted by atomic mass is 79.9. The Morgan fingerprint density at radius 2 is 1.81 bits per heavy atom. The van der Waals surface area contributed by atoms with Gasteiger partial charge in [0.1, 0.15) is 12.2 Å². The van der Waals surface area contributed by atoms with Crippen LogP contribution in [-0.4, -0.2) is 24.0 Å². The van der Waals surface area contributed by atoms with E-state index in [-0.39, 0.29) is 17.3 Å². The summed E-state index contributed by atoms with van der Waals surface area (Å²) in [7, 11) is 1.50. The van der Waals surface area contributed by atoms with Crippen LogP contribution in [0.1, 0.15) is 16.7 Å². The molecule has 11 heteroatoms. The van der Waals surface area contributed by atoms with Gasteiger partial charge < -0.3 is 9.47 Å². The first kappa shape index (κ1) is 27.6. The quantitative estimate of drug-likeness (QED) is 0.168. The number of nitrogens with one attached hydrogen (secondary N) is 1. The van der Waals surface area contributed by atoms with Crippen LogP contribution in [0.25, 0.3) is 6.08 Å². The Labute approximate surface area is 245 Å². The summed E-state index contributed by atoms with van der Waals surface area (Å²) in [6, 6.07) is 14.2. The van der Waals surface area contributed by atoms with Crippen molar-refractivity contribution in [1.82, 2.24) is 5.32 Å². The molecule has 0 spiro atoms. The maximum absolute atomic E-state index is 13.4. The number of carbonyl (C=O) groups is 2. The van der Waals surface area contributed by atoms with Gasteiger partial charge in [-0.2, -0.15) is 0 Å². The molecule has 0 aromatic heterocycles. The Kier molecular flexibility index (Phi) is 8.60. The molecule has 1 aliphatic rings. The molecule has 0 bridgehead atoms. The van der Waals surface area contributed by atoms with E-state index >= 15 is 0 Å². The number of ether oxygens (including phenoxy) is 2. The highest BCUT2D eigenvalue weighted by molar-refractivity contribution is 9.13. The van der Waals surface area contributed by atoms with Gasteiger partial charge in [-0.15, -0.1) is 0 Å². The summed E-state index contributed by atoms with van der Waals surface area (Å²) in [6.45, 7) is 2.10. The van der Waals surface area contributed by atoms with Crippen LogP contribution in [0, 0.1) is 6.92 Å². The second-order valence-electron chi connectivity index (χ2n) is 7.96. The highest BCUT2D eigenvalue weighted by Crippen LogP contribution is 2.44. The fourth-order valence-corrected chi connectivity index (χ4v) is 5.14. The van der Waals surface area contributed by atoms with Crippen molar-refractivity contribution in [3.8, 4) is 11.5 Å². The maximum Gasteiger partial charge on any atom is 0.270 e. The molecule has 0 atom stereocenters. The Hall–Kier alpha value is -2.43. The van der Waals surface area contributed by atoms with E-state index in [4.69, 9.17) is 44.9 Å². The molecule has 1 fully saturated rings. The van der Waals surface area contributed by atoms with Gasteiger partial charge in [0.05, 0.1) is 27.3 Å². The normalized spacial score (nSPS) is 14.7. The summed E-state index contributed by atoms with van der Waals surface area (Å²) in [5, 5.41) is 3.48. The molecule has 4 rings (SSSR count). The summed E-state index contributed by atoms with van der Waals surface area (Å²) in [4.78, 5) is 27.5.